The number of halogens is 1. The molecule has 0 amide bonds. The van der Waals surface area contributed by atoms with Gasteiger partial charge in [-0.3, -0.25) is 4.98 Å². The number of hydrogen-bond acceptors (Lipinski definition) is 4. The molecule has 1 heterocycles. The zero-order chi connectivity index (χ0) is 14.8. The lowest BCUT2D eigenvalue weighted by molar-refractivity contribution is 0.0696. The van der Waals surface area contributed by atoms with Crippen LogP contribution in [0.5, 0.6) is 0 Å². The Kier molecular flexibility index (Phi) is 4.20. The summed E-state index contributed by atoms with van der Waals surface area (Å²) in [6.07, 6.45) is 1.51. The molecule has 0 unspecified atom stereocenters. The summed E-state index contributed by atoms with van der Waals surface area (Å²) in [4.78, 5) is 14.8. The fraction of sp³-hybridized carbons (Fsp3) is 0.0769. The van der Waals surface area contributed by atoms with E-state index in [1.54, 1.807) is 12.1 Å². The van der Waals surface area contributed by atoms with Gasteiger partial charge in [-0.15, -0.1) is 0 Å². The van der Waals surface area contributed by atoms with E-state index < -0.39 is 15.8 Å². The Morgan fingerprint density at radius 3 is 2.60 bits per heavy atom. The fourth-order valence-corrected chi connectivity index (χ4v) is 3.15. The highest BCUT2D eigenvalue weighted by Crippen LogP contribution is 2.18. The Morgan fingerprint density at radius 2 is 2.00 bits per heavy atom. The van der Waals surface area contributed by atoms with Crippen LogP contribution in [0, 0.1) is 0 Å². The monoisotopic (exact) mass is 355 g/mol. The van der Waals surface area contributed by atoms with E-state index in [-0.39, 0.29) is 16.2 Å². The molecule has 0 atom stereocenters. The van der Waals surface area contributed by atoms with Gasteiger partial charge in [0.25, 0.3) is 0 Å². The van der Waals surface area contributed by atoms with Crippen LogP contribution in [0.3, 0.4) is 0 Å². The number of carbonyl (C=O) groups is 1. The van der Waals surface area contributed by atoms with Crippen LogP contribution < -0.4 is 0 Å². The molecule has 2 rings (SSSR count). The Bertz CT molecular complexity index is 741. The zero-order valence-electron chi connectivity index (χ0n) is 10.2. The number of carboxylic acids is 1. The highest BCUT2D eigenvalue weighted by Gasteiger charge is 2.17. The van der Waals surface area contributed by atoms with Gasteiger partial charge >= 0.3 is 5.97 Å². The second-order valence-electron chi connectivity index (χ2n) is 4.06. The summed E-state index contributed by atoms with van der Waals surface area (Å²) in [6, 6.07) is 8.58. The van der Waals surface area contributed by atoms with Gasteiger partial charge in [0.05, 0.1) is 21.9 Å². The van der Waals surface area contributed by atoms with Crippen molar-refractivity contribution < 1.29 is 18.3 Å². The topological polar surface area (TPSA) is 84.3 Å². The van der Waals surface area contributed by atoms with Gasteiger partial charge in [-0.1, -0.05) is 6.07 Å². The van der Waals surface area contributed by atoms with Crippen molar-refractivity contribution in [1.29, 1.82) is 0 Å². The summed E-state index contributed by atoms with van der Waals surface area (Å²) in [5.41, 5.74) is 0.337. The molecular weight excluding hydrogens is 346 g/mol. The number of aromatic nitrogens is 1. The molecule has 0 saturated heterocycles. The van der Waals surface area contributed by atoms with Crippen molar-refractivity contribution in [2.75, 3.05) is 0 Å². The third kappa shape index (κ3) is 3.43. The van der Waals surface area contributed by atoms with Gasteiger partial charge in [-0.05, 0) is 46.3 Å². The predicted molar refractivity (Wildman–Crippen MR) is 76.2 cm³/mol. The van der Waals surface area contributed by atoms with Crippen LogP contribution in [0.2, 0.25) is 0 Å². The van der Waals surface area contributed by atoms with Crippen molar-refractivity contribution in [3.63, 3.8) is 0 Å². The molecule has 0 fully saturated rings. The fourth-order valence-electron chi connectivity index (χ4n) is 1.59. The smallest absolute Gasteiger partial charge is 0.335 e. The van der Waals surface area contributed by atoms with E-state index in [0.29, 0.717) is 5.69 Å². The number of benzene rings is 1. The maximum atomic E-state index is 12.2. The number of nitrogens with zero attached hydrogens (tertiary/aromatic N) is 1. The van der Waals surface area contributed by atoms with Crippen LogP contribution in [0.25, 0.3) is 0 Å². The van der Waals surface area contributed by atoms with Gasteiger partial charge in [0.2, 0.25) is 0 Å². The molecule has 104 valence electrons. The van der Waals surface area contributed by atoms with E-state index in [1.807, 2.05) is 0 Å². The van der Waals surface area contributed by atoms with Crippen LogP contribution in [-0.2, 0) is 15.6 Å². The molecule has 0 aliphatic rings. The molecule has 0 spiro atoms. The van der Waals surface area contributed by atoms with E-state index in [1.165, 1.54) is 24.4 Å². The van der Waals surface area contributed by atoms with E-state index in [4.69, 9.17) is 5.11 Å². The van der Waals surface area contributed by atoms with Crippen LogP contribution in [-0.4, -0.2) is 24.5 Å². The van der Waals surface area contributed by atoms with Gasteiger partial charge < -0.3 is 5.11 Å². The SMILES string of the molecule is O=C(O)c1cccc(S(=O)(=O)Cc2ccc(Br)cn2)c1. The van der Waals surface area contributed by atoms with Gasteiger partial charge in [0.1, 0.15) is 0 Å². The molecule has 0 bridgehead atoms. The molecule has 0 radical (unpaired) electrons. The van der Waals surface area contributed by atoms with Gasteiger partial charge in [0, 0.05) is 10.7 Å². The highest BCUT2D eigenvalue weighted by molar-refractivity contribution is 9.10. The summed E-state index contributed by atoms with van der Waals surface area (Å²) < 4.78 is 25.2. The lowest BCUT2D eigenvalue weighted by Crippen LogP contribution is -2.07. The lowest BCUT2D eigenvalue weighted by Gasteiger charge is -2.05. The molecule has 20 heavy (non-hydrogen) atoms. The number of aromatic carboxylic acids is 1. The largest absolute Gasteiger partial charge is 0.478 e. The molecule has 7 heteroatoms. The Hall–Kier alpha value is -1.73. The van der Waals surface area contributed by atoms with Crippen molar-refractivity contribution >= 4 is 31.7 Å². The van der Waals surface area contributed by atoms with E-state index >= 15 is 0 Å². The molecule has 1 aromatic heterocycles. The standard InChI is InChI=1S/C13H10BrNO4S/c14-10-4-5-11(15-7-10)8-20(18,19)12-3-1-2-9(6-12)13(16)17/h1-7H,8H2,(H,16,17). The van der Waals surface area contributed by atoms with Crippen molar-refractivity contribution in [2.24, 2.45) is 0 Å². The predicted octanol–water partition coefficient (Wildman–Crippen LogP) is 2.52. The molecule has 0 saturated carbocycles. The zero-order valence-corrected chi connectivity index (χ0v) is 12.6. The van der Waals surface area contributed by atoms with Crippen LogP contribution >= 0.6 is 15.9 Å². The first-order valence-electron chi connectivity index (χ1n) is 5.55. The highest BCUT2D eigenvalue weighted by atomic mass is 79.9. The van der Waals surface area contributed by atoms with E-state index in [9.17, 15) is 13.2 Å². The molecule has 0 aliphatic heterocycles. The lowest BCUT2D eigenvalue weighted by atomic mass is 10.2. The second kappa shape index (κ2) is 5.72. The van der Waals surface area contributed by atoms with Crippen molar-refractivity contribution in [3.05, 3.63) is 58.3 Å². The molecule has 0 aliphatic carbocycles. The van der Waals surface area contributed by atoms with Crippen molar-refractivity contribution in [1.82, 2.24) is 4.98 Å². The number of hydrogen-bond donors (Lipinski definition) is 1. The Labute approximate surface area is 124 Å². The first-order valence-corrected chi connectivity index (χ1v) is 7.99. The molecular formula is C13H10BrNO4S. The van der Waals surface area contributed by atoms with Crippen LogP contribution in [0.4, 0.5) is 0 Å². The average molecular weight is 356 g/mol. The minimum atomic E-state index is -3.62. The molecule has 5 nitrogen and oxygen atoms in total. The normalized spacial score (nSPS) is 11.2. The third-order valence-corrected chi connectivity index (χ3v) is 4.68. The van der Waals surface area contributed by atoms with Crippen molar-refractivity contribution in [3.8, 4) is 0 Å². The maximum Gasteiger partial charge on any atom is 0.335 e. The third-order valence-electron chi connectivity index (χ3n) is 2.57. The maximum absolute atomic E-state index is 12.2. The van der Waals surface area contributed by atoms with Crippen LogP contribution in [0.15, 0.2) is 52.0 Å². The van der Waals surface area contributed by atoms with E-state index in [2.05, 4.69) is 20.9 Å². The Morgan fingerprint density at radius 1 is 1.25 bits per heavy atom. The van der Waals surface area contributed by atoms with Gasteiger partial charge in [-0.25, -0.2) is 13.2 Å². The Balaban J connectivity index is 2.33. The first-order chi connectivity index (χ1) is 9.38. The number of carboxylic acid groups (broad SMARTS) is 1. The van der Waals surface area contributed by atoms with Crippen LogP contribution in [0.1, 0.15) is 16.1 Å². The number of pyridine rings is 1. The minimum Gasteiger partial charge on any atom is -0.478 e. The summed E-state index contributed by atoms with van der Waals surface area (Å²) in [5, 5.41) is 8.88. The average Bonchev–Trinajstić information content (AvgIpc) is 2.41. The van der Waals surface area contributed by atoms with E-state index in [0.717, 1.165) is 10.5 Å². The molecule has 2 aromatic rings. The number of rotatable bonds is 4. The summed E-state index contributed by atoms with van der Waals surface area (Å²) >= 11 is 3.22. The quantitative estimate of drug-likeness (QED) is 0.910. The molecule has 1 N–H and O–H groups in total. The summed E-state index contributed by atoms with van der Waals surface area (Å²) in [6.45, 7) is 0. The number of sulfone groups is 1. The van der Waals surface area contributed by atoms with Gasteiger partial charge in [0.15, 0.2) is 9.84 Å². The van der Waals surface area contributed by atoms with Crippen molar-refractivity contribution in [2.45, 2.75) is 10.6 Å². The minimum absolute atomic E-state index is 0.0258. The van der Waals surface area contributed by atoms with Gasteiger partial charge in [-0.2, -0.15) is 0 Å². The molecule has 1 aromatic carbocycles. The first kappa shape index (κ1) is 14.7. The summed E-state index contributed by atoms with van der Waals surface area (Å²) in [7, 11) is -3.62. The summed E-state index contributed by atoms with van der Waals surface area (Å²) in [5.74, 6) is -1.44. The second-order valence-corrected chi connectivity index (χ2v) is 6.97.